The lowest BCUT2D eigenvalue weighted by molar-refractivity contribution is -0.133. The van der Waals surface area contributed by atoms with Gasteiger partial charge in [0, 0.05) is 0 Å². The first-order valence-electron chi connectivity index (χ1n) is 8.47. The number of carbonyl (C=O) groups excluding carboxylic acids is 2. The zero-order valence-electron chi connectivity index (χ0n) is 15.5. The van der Waals surface area contributed by atoms with Crippen molar-refractivity contribution in [1.82, 2.24) is 5.32 Å². The molecule has 7 heteroatoms. The zero-order chi connectivity index (χ0) is 19.8. The molecule has 144 valence electrons. The molecule has 0 aliphatic rings. The van der Waals surface area contributed by atoms with Crippen molar-refractivity contribution >= 4 is 29.1 Å². The topological polar surface area (TPSA) is 76.7 Å². The summed E-state index contributed by atoms with van der Waals surface area (Å²) in [5.74, 6) is -0.0169. The smallest absolute Gasteiger partial charge is 0.249 e. The first-order valence-corrected chi connectivity index (χ1v) is 8.85. The third kappa shape index (κ3) is 6.58. The summed E-state index contributed by atoms with van der Waals surface area (Å²) in [7, 11) is 1.59. The second-order valence-corrected chi connectivity index (χ2v) is 6.46. The number of nitrogens with one attached hydrogen (secondary N) is 2. The minimum atomic E-state index is -0.702. The number of anilines is 1. The summed E-state index contributed by atoms with van der Waals surface area (Å²) >= 11 is 6.08. The summed E-state index contributed by atoms with van der Waals surface area (Å²) in [6.45, 7) is 3.63. The Morgan fingerprint density at radius 3 is 2.67 bits per heavy atom. The lowest BCUT2D eigenvalue weighted by atomic mass is 10.2. The second kappa shape index (κ2) is 9.94. The van der Waals surface area contributed by atoms with Gasteiger partial charge in [-0.15, -0.1) is 0 Å². The molecule has 0 fully saturated rings. The van der Waals surface area contributed by atoms with Crippen LogP contribution in [0.2, 0.25) is 5.02 Å². The van der Waals surface area contributed by atoms with Crippen molar-refractivity contribution in [3.8, 4) is 5.75 Å². The molecule has 1 atom stereocenters. The zero-order valence-corrected chi connectivity index (χ0v) is 16.3. The van der Waals surface area contributed by atoms with Gasteiger partial charge in [0.1, 0.15) is 11.9 Å². The van der Waals surface area contributed by atoms with E-state index in [0.717, 1.165) is 16.9 Å². The van der Waals surface area contributed by atoms with Crippen LogP contribution in [0.3, 0.4) is 0 Å². The molecule has 2 rings (SSSR count). The fourth-order valence-electron chi connectivity index (χ4n) is 2.29. The van der Waals surface area contributed by atoms with E-state index < -0.39 is 6.10 Å². The number of aryl methyl sites for hydroxylation is 1. The summed E-state index contributed by atoms with van der Waals surface area (Å²) < 4.78 is 10.7. The van der Waals surface area contributed by atoms with Crippen molar-refractivity contribution in [2.24, 2.45) is 0 Å². The van der Waals surface area contributed by atoms with Crippen molar-refractivity contribution in [3.05, 3.63) is 58.6 Å². The monoisotopic (exact) mass is 390 g/mol. The maximum Gasteiger partial charge on any atom is 0.249 e. The first-order chi connectivity index (χ1) is 12.9. The summed E-state index contributed by atoms with van der Waals surface area (Å²) in [6.07, 6.45) is -0.702. The number of benzene rings is 2. The van der Waals surface area contributed by atoms with Gasteiger partial charge in [-0.25, -0.2) is 0 Å². The van der Waals surface area contributed by atoms with E-state index in [9.17, 15) is 9.59 Å². The molecule has 0 aliphatic heterocycles. The summed E-state index contributed by atoms with van der Waals surface area (Å²) in [5, 5.41) is 5.66. The van der Waals surface area contributed by atoms with Gasteiger partial charge in [-0.05, 0) is 49.2 Å². The largest absolute Gasteiger partial charge is 0.497 e. The Morgan fingerprint density at radius 1 is 1.19 bits per heavy atom. The SMILES string of the molecule is COc1cccc(COC(C)C(=O)NCC(=O)Nc2ccc(C)cc2Cl)c1. The number of carbonyl (C=O) groups is 2. The molecular weight excluding hydrogens is 368 g/mol. The van der Waals surface area contributed by atoms with E-state index in [1.165, 1.54) is 0 Å². The van der Waals surface area contributed by atoms with Crippen LogP contribution in [-0.4, -0.2) is 31.6 Å². The molecule has 0 heterocycles. The second-order valence-electron chi connectivity index (χ2n) is 6.05. The molecule has 2 aromatic rings. The predicted octanol–water partition coefficient (Wildman–Crippen LogP) is 3.32. The number of halogens is 1. The molecule has 0 saturated heterocycles. The number of rotatable bonds is 8. The van der Waals surface area contributed by atoms with E-state index in [1.807, 2.05) is 37.3 Å². The van der Waals surface area contributed by atoms with Crippen LogP contribution in [-0.2, 0) is 20.9 Å². The van der Waals surface area contributed by atoms with Crippen LogP contribution < -0.4 is 15.4 Å². The van der Waals surface area contributed by atoms with Gasteiger partial charge < -0.3 is 20.1 Å². The lowest BCUT2D eigenvalue weighted by Gasteiger charge is -2.14. The molecule has 0 radical (unpaired) electrons. The minimum absolute atomic E-state index is 0.171. The molecule has 0 saturated carbocycles. The number of ether oxygens (including phenoxy) is 2. The predicted molar refractivity (Wildman–Crippen MR) is 105 cm³/mol. The Hall–Kier alpha value is -2.57. The molecule has 0 aliphatic carbocycles. The molecule has 6 nitrogen and oxygen atoms in total. The van der Waals surface area contributed by atoms with E-state index in [1.54, 1.807) is 26.2 Å². The van der Waals surface area contributed by atoms with E-state index in [0.29, 0.717) is 10.7 Å². The van der Waals surface area contributed by atoms with Crippen LogP contribution in [0.5, 0.6) is 5.75 Å². The van der Waals surface area contributed by atoms with Gasteiger partial charge >= 0.3 is 0 Å². The van der Waals surface area contributed by atoms with Crippen LogP contribution in [0.4, 0.5) is 5.69 Å². The summed E-state index contributed by atoms with van der Waals surface area (Å²) in [4.78, 5) is 24.1. The maximum atomic E-state index is 12.1. The average Bonchev–Trinajstić information content (AvgIpc) is 2.66. The normalized spacial score (nSPS) is 11.6. The van der Waals surface area contributed by atoms with Crippen LogP contribution in [0.15, 0.2) is 42.5 Å². The third-order valence-electron chi connectivity index (χ3n) is 3.83. The fourth-order valence-corrected chi connectivity index (χ4v) is 2.57. The highest BCUT2D eigenvalue weighted by Crippen LogP contribution is 2.22. The van der Waals surface area contributed by atoms with Gasteiger partial charge in [-0.2, -0.15) is 0 Å². The van der Waals surface area contributed by atoms with Gasteiger partial charge in [0.2, 0.25) is 11.8 Å². The highest BCUT2D eigenvalue weighted by molar-refractivity contribution is 6.33. The molecule has 2 N–H and O–H groups in total. The van der Waals surface area contributed by atoms with Gasteiger partial charge in [-0.1, -0.05) is 29.8 Å². The van der Waals surface area contributed by atoms with Crippen LogP contribution in [0, 0.1) is 6.92 Å². The van der Waals surface area contributed by atoms with Crippen molar-refractivity contribution in [2.75, 3.05) is 19.0 Å². The maximum absolute atomic E-state index is 12.1. The highest BCUT2D eigenvalue weighted by atomic mass is 35.5. The molecule has 0 spiro atoms. The molecule has 27 heavy (non-hydrogen) atoms. The van der Waals surface area contributed by atoms with E-state index in [4.69, 9.17) is 21.1 Å². The Bertz CT molecular complexity index is 810. The first kappa shape index (κ1) is 20.7. The Labute approximate surface area is 163 Å². The Balaban J connectivity index is 1.77. The van der Waals surface area contributed by atoms with E-state index >= 15 is 0 Å². The molecule has 2 aromatic carbocycles. The number of amides is 2. The van der Waals surface area contributed by atoms with E-state index in [-0.39, 0.29) is 25.0 Å². The van der Waals surface area contributed by atoms with Gasteiger partial charge in [-0.3, -0.25) is 9.59 Å². The van der Waals surface area contributed by atoms with Gasteiger partial charge in [0.05, 0.1) is 31.0 Å². The fraction of sp³-hybridized carbons (Fsp3) is 0.300. The summed E-state index contributed by atoms with van der Waals surface area (Å²) in [5.41, 5.74) is 2.39. The standard InChI is InChI=1S/C20H23ClN2O4/c1-13-7-8-18(17(21)9-13)23-19(24)11-22-20(25)14(2)27-12-15-5-4-6-16(10-15)26-3/h4-10,14H,11-12H2,1-3H3,(H,22,25)(H,23,24). The lowest BCUT2D eigenvalue weighted by Crippen LogP contribution is -2.39. The Kier molecular flexibility index (Phi) is 7.64. The molecule has 1 unspecified atom stereocenters. The molecule has 2 amide bonds. The van der Waals surface area contributed by atoms with Gasteiger partial charge in [0.25, 0.3) is 0 Å². The van der Waals surface area contributed by atoms with Crippen molar-refractivity contribution in [2.45, 2.75) is 26.6 Å². The van der Waals surface area contributed by atoms with Crippen LogP contribution in [0.25, 0.3) is 0 Å². The molecule has 0 bridgehead atoms. The highest BCUT2D eigenvalue weighted by Gasteiger charge is 2.15. The quantitative estimate of drug-likeness (QED) is 0.725. The van der Waals surface area contributed by atoms with Crippen molar-refractivity contribution < 1.29 is 19.1 Å². The number of methoxy groups -OCH3 is 1. The number of hydrogen-bond donors (Lipinski definition) is 2. The molecular formula is C20H23ClN2O4. The number of hydrogen-bond acceptors (Lipinski definition) is 4. The summed E-state index contributed by atoms with van der Waals surface area (Å²) in [6, 6.07) is 12.7. The van der Waals surface area contributed by atoms with Crippen LogP contribution >= 0.6 is 11.6 Å². The average molecular weight is 391 g/mol. The molecule has 0 aromatic heterocycles. The van der Waals surface area contributed by atoms with Gasteiger partial charge in [0.15, 0.2) is 0 Å². The third-order valence-corrected chi connectivity index (χ3v) is 4.14. The van der Waals surface area contributed by atoms with Crippen molar-refractivity contribution in [1.29, 1.82) is 0 Å². The van der Waals surface area contributed by atoms with E-state index in [2.05, 4.69) is 10.6 Å². The minimum Gasteiger partial charge on any atom is -0.497 e. The Morgan fingerprint density at radius 2 is 1.96 bits per heavy atom. The van der Waals surface area contributed by atoms with Crippen molar-refractivity contribution in [3.63, 3.8) is 0 Å². The van der Waals surface area contributed by atoms with Crippen LogP contribution in [0.1, 0.15) is 18.1 Å².